The first kappa shape index (κ1) is 14.8. The summed E-state index contributed by atoms with van der Waals surface area (Å²) in [5.74, 6) is 0.0368. The van der Waals surface area contributed by atoms with Crippen molar-refractivity contribution in [3.63, 3.8) is 0 Å². The molecule has 0 spiro atoms. The fourth-order valence-corrected chi connectivity index (χ4v) is 2.88. The summed E-state index contributed by atoms with van der Waals surface area (Å²) in [4.78, 5) is 16.6. The minimum Gasteiger partial charge on any atom is -0.337 e. The number of likely N-dealkylation sites (tertiary alicyclic amines) is 1. The molecule has 19 heavy (non-hydrogen) atoms. The molecule has 1 atom stereocenters. The third kappa shape index (κ3) is 3.50. The molecular formula is C14H18BrClN2O. The molecule has 0 aliphatic carbocycles. The molecule has 1 aromatic rings. The molecule has 1 amide bonds. The second-order valence-corrected chi connectivity index (χ2v) is 6.36. The van der Waals surface area contributed by atoms with Crippen molar-refractivity contribution in [2.45, 2.75) is 18.9 Å². The molecule has 1 aliphatic heterocycles. The number of nitrogens with zero attached hydrogens (tertiary/aromatic N) is 2. The zero-order chi connectivity index (χ0) is 14.0. The van der Waals surface area contributed by atoms with Crippen molar-refractivity contribution in [1.29, 1.82) is 0 Å². The maximum Gasteiger partial charge on any atom is 0.253 e. The highest BCUT2D eigenvalue weighted by atomic mass is 79.9. The standard InChI is InChI=1S/C14H18BrClN2O/c1-17-7-3-4-11(9-17)18(2)14(19)10-5-6-12(15)13(16)8-10/h5-6,8,11H,3-4,7,9H2,1-2H3. The number of rotatable bonds is 2. The summed E-state index contributed by atoms with van der Waals surface area (Å²) in [5, 5.41) is 0.569. The number of benzene rings is 1. The lowest BCUT2D eigenvalue weighted by molar-refractivity contribution is 0.0644. The molecule has 0 N–H and O–H groups in total. The Morgan fingerprint density at radius 1 is 1.53 bits per heavy atom. The first-order valence-corrected chi connectivity index (χ1v) is 7.57. The molecule has 1 unspecified atom stereocenters. The summed E-state index contributed by atoms with van der Waals surface area (Å²) in [6.07, 6.45) is 2.21. The minimum atomic E-state index is 0.0368. The number of amides is 1. The second-order valence-electron chi connectivity index (χ2n) is 5.10. The molecule has 1 aliphatic rings. The van der Waals surface area contributed by atoms with Gasteiger partial charge >= 0.3 is 0 Å². The number of likely N-dealkylation sites (N-methyl/N-ethyl adjacent to an activating group) is 2. The summed E-state index contributed by atoms with van der Waals surface area (Å²) in [6, 6.07) is 5.63. The first-order valence-electron chi connectivity index (χ1n) is 6.40. The van der Waals surface area contributed by atoms with Crippen LogP contribution in [0.1, 0.15) is 23.2 Å². The van der Waals surface area contributed by atoms with Gasteiger partial charge in [-0.25, -0.2) is 0 Å². The predicted molar refractivity (Wildman–Crippen MR) is 81.8 cm³/mol. The molecule has 2 rings (SSSR count). The third-order valence-corrected chi connectivity index (χ3v) is 4.87. The van der Waals surface area contributed by atoms with Crippen molar-refractivity contribution in [3.8, 4) is 0 Å². The molecule has 0 saturated carbocycles. The average Bonchev–Trinajstić information content (AvgIpc) is 2.40. The van der Waals surface area contributed by atoms with Gasteiger partial charge in [-0.15, -0.1) is 0 Å². The molecule has 1 aromatic carbocycles. The van der Waals surface area contributed by atoms with E-state index in [1.54, 1.807) is 12.1 Å². The Balaban J connectivity index is 2.11. The normalized spacial score (nSPS) is 20.3. The van der Waals surface area contributed by atoms with Crippen LogP contribution >= 0.6 is 27.5 Å². The molecule has 3 nitrogen and oxygen atoms in total. The van der Waals surface area contributed by atoms with Crippen LogP contribution in [-0.2, 0) is 0 Å². The van der Waals surface area contributed by atoms with E-state index in [4.69, 9.17) is 11.6 Å². The SMILES string of the molecule is CN1CCCC(N(C)C(=O)c2ccc(Br)c(Cl)c2)C1. The number of hydrogen-bond donors (Lipinski definition) is 0. The molecular weight excluding hydrogens is 328 g/mol. The molecule has 0 radical (unpaired) electrons. The van der Waals surface area contributed by atoms with Crippen LogP contribution in [0.5, 0.6) is 0 Å². The number of carbonyl (C=O) groups excluding carboxylic acids is 1. The predicted octanol–water partition coefficient (Wildman–Crippen LogP) is 3.27. The number of carbonyl (C=O) groups is 1. The second kappa shape index (κ2) is 6.25. The van der Waals surface area contributed by atoms with E-state index in [0.717, 1.165) is 30.4 Å². The summed E-state index contributed by atoms with van der Waals surface area (Å²) in [7, 11) is 3.98. The van der Waals surface area contributed by atoms with Gasteiger partial charge in [0.2, 0.25) is 0 Å². The molecule has 5 heteroatoms. The number of hydrogen-bond acceptors (Lipinski definition) is 2. The van der Waals surface area contributed by atoms with Crippen LogP contribution in [0.2, 0.25) is 5.02 Å². The van der Waals surface area contributed by atoms with E-state index in [0.29, 0.717) is 10.6 Å². The van der Waals surface area contributed by atoms with Crippen molar-refractivity contribution in [2.75, 3.05) is 27.2 Å². The average molecular weight is 346 g/mol. The largest absolute Gasteiger partial charge is 0.337 e. The van der Waals surface area contributed by atoms with E-state index in [-0.39, 0.29) is 11.9 Å². The van der Waals surface area contributed by atoms with Gasteiger partial charge in [-0.2, -0.15) is 0 Å². The van der Waals surface area contributed by atoms with E-state index in [1.807, 2.05) is 18.0 Å². The lowest BCUT2D eigenvalue weighted by Crippen LogP contribution is -2.47. The lowest BCUT2D eigenvalue weighted by Gasteiger charge is -2.35. The lowest BCUT2D eigenvalue weighted by atomic mass is 10.0. The Morgan fingerprint density at radius 3 is 2.89 bits per heavy atom. The Morgan fingerprint density at radius 2 is 2.26 bits per heavy atom. The highest BCUT2D eigenvalue weighted by Crippen LogP contribution is 2.24. The van der Waals surface area contributed by atoms with E-state index in [9.17, 15) is 4.79 Å². The Hall–Kier alpha value is -0.580. The molecule has 1 fully saturated rings. The Kier molecular flexibility index (Phi) is 4.87. The minimum absolute atomic E-state index is 0.0368. The fraction of sp³-hybridized carbons (Fsp3) is 0.500. The van der Waals surface area contributed by atoms with Crippen LogP contribution in [-0.4, -0.2) is 48.9 Å². The van der Waals surface area contributed by atoms with Crippen molar-refractivity contribution in [2.24, 2.45) is 0 Å². The van der Waals surface area contributed by atoms with E-state index in [2.05, 4.69) is 27.9 Å². The highest BCUT2D eigenvalue weighted by Gasteiger charge is 2.25. The van der Waals surface area contributed by atoms with E-state index in [1.165, 1.54) is 0 Å². The zero-order valence-electron chi connectivity index (χ0n) is 11.2. The quantitative estimate of drug-likeness (QED) is 0.821. The van der Waals surface area contributed by atoms with Crippen LogP contribution in [0.3, 0.4) is 0 Å². The van der Waals surface area contributed by atoms with E-state index < -0.39 is 0 Å². The fourth-order valence-electron chi connectivity index (χ4n) is 2.45. The maximum atomic E-state index is 12.4. The van der Waals surface area contributed by atoms with Gasteiger partial charge in [-0.05, 0) is 60.6 Å². The Bertz CT molecular complexity index is 481. The third-order valence-electron chi connectivity index (χ3n) is 3.63. The molecule has 104 valence electrons. The van der Waals surface area contributed by atoms with Gasteiger partial charge in [-0.3, -0.25) is 4.79 Å². The molecule has 0 bridgehead atoms. The van der Waals surface area contributed by atoms with Crippen LogP contribution in [0.15, 0.2) is 22.7 Å². The number of piperidine rings is 1. The summed E-state index contributed by atoms with van der Waals surface area (Å²) < 4.78 is 0.811. The van der Waals surface area contributed by atoms with Crippen LogP contribution in [0.4, 0.5) is 0 Å². The van der Waals surface area contributed by atoms with Gasteiger partial charge in [0.1, 0.15) is 0 Å². The molecule has 1 heterocycles. The number of halogens is 2. The van der Waals surface area contributed by atoms with E-state index >= 15 is 0 Å². The highest BCUT2D eigenvalue weighted by molar-refractivity contribution is 9.10. The van der Waals surface area contributed by atoms with Gasteiger partial charge in [0, 0.05) is 29.7 Å². The van der Waals surface area contributed by atoms with Crippen LogP contribution in [0, 0.1) is 0 Å². The van der Waals surface area contributed by atoms with Crippen LogP contribution < -0.4 is 0 Å². The van der Waals surface area contributed by atoms with Gasteiger partial charge < -0.3 is 9.80 Å². The van der Waals surface area contributed by atoms with Crippen LogP contribution in [0.25, 0.3) is 0 Å². The smallest absolute Gasteiger partial charge is 0.253 e. The van der Waals surface area contributed by atoms with Crippen molar-refractivity contribution in [3.05, 3.63) is 33.3 Å². The molecule has 0 aromatic heterocycles. The van der Waals surface area contributed by atoms with Gasteiger partial charge in [0.15, 0.2) is 0 Å². The van der Waals surface area contributed by atoms with Gasteiger partial charge in [0.05, 0.1) is 5.02 Å². The Labute approximate surface area is 127 Å². The topological polar surface area (TPSA) is 23.6 Å². The molecule has 1 saturated heterocycles. The van der Waals surface area contributed by atoms with Crippen molar-refractivity contribution in [1.82, 2.24) is 9.80 Å². The zero-order valence-corrected chi connectivity index (χ0v) is 13.5. The summed E-state index contributed by atoms with van der Waals surface area (Å²) in [6.45, 7) is 2.05. The van der Waals surface area contributed by atoms with Crippen molar-refractivity contribution >= 4 is 33.4 Å². The summed E-state index contributed by atoms with van der Waals surface area (Å²) in [5.41, 5.74) is 0.643. The monoisotopic (exact) mass is 344 g/mol. The van der Waals surface area contributed by atoms with Gasteiger partial charge in [-0.1, -0.05) is 11.6 Å². The van der Waals surface area contributed by atoms with Gasteiger partial charge in [0.25, 0.3) is 5.91 Å². The summed E-state index contributed by atoms with van der Waals surface area (Å²) >= 11 is 9.38. The maximum absolute atomic E-state index is 12.4. The van der Waals surface area contributed by atoms with Crippen molar-refractivity contribution < 1.29 is 4.79 Å². The first-order chi connectivity index (χ1) is 8.99.